The van der Waals surface area contributed by atoms with E-state index in [1.807, 2.05) is 6.07 Å². The lowest BCUT2D eigenvalue weighted by molar-refractivity contribution is 0.0697. The normalized spacial score (nSPS) is 25.5. The number of carbonyl (C=O) groups is 1. The molecule has 0 saturated heterocycles. The molecule has 88 valence electrons. The summed E-state index contributed by atoms with van der Waals surface area (Å²) in [5.74, 6) is -0.903. The van der Waals surface area contributed by atoms with E-state index in [2.05, 4.69) is 4.99 Å². The molecule has 3 N–H and O–H groups in total. The van der Waals surface area contributed by atoms with Gasteiger partial charge in [0.05, 0.1) is 5.56 Å². The van der Waals surface area contributed by atoms with Crippen LogP contribution in [0.1, 0.15) is 21.5 Å². The maximum Gasteiger partial charge on any atom is 0.335 e. The van der Waals surface area contributed by atoms with E-state index in [1.165, 1.54) is 0 Å². The Balaban J connectivity index is 1.96. The Morgan fingerprint density at radius 2 is 2.18 bits per heavy atom. The highest BCUT2D eigenvalue weighted by molar-refractivity contribution is 5.88. The van der Waals surface area contributed by atoms with Crippen LogP contribution >= 0.6 is 0 Å². The van der Waals surface area contributed by atoms with Crippen molar-refractivity contribution in [3.05, 3.63) is 34.9 Å². The molecule has 1 aliphatic carbocycles. The number of amidine groups is 1. The van der Waals surface area contributed by atoms with E-state index in [9.17, 15) is 4.79 Å². The summed E-state index contributed by atoms with van der Waals surface area (Å²) in [6, 6.07) is 5.44. The Hall–Kier alpha value is -2.04. The number of benzene rings is 1. The molecular weight excluding hydrogens is 220 g/mol. The van der Waals surface area contributed by atoms with E-state index in [0.29, 0.717) is 18.6 Å². The van der Waals surface area contributed by atoms with E-state index in [4.69, 9.17) is 15.6 Å². The quantitative estimate of drug-likeness (QED) is 0.741. The lowest BCUT2D eigenvalue weighted by Crippen LogP contribution is -2.28. The molecule has 0 saturated carbocycles. The number of ether oxygens (including phenoxy) is 1. The Bertz CT molecular complexity index is 539. The maximum atomic E-state index is 10.9. The summed E-state index contributed by atoms with van der Waals surface area (Å²) in [6.07, 6.45) is 1.47. The first-order valence-electron chi connectivity index (χ1n) is 5.41. The predicted octanol–water partition coefficient (Wildman–Crippen LogP) is 0.567. The van der Waals surface area contributed by atoms with E-state index >= 15 is 0 Å². The van der Waals surface area contributed by atoms with Crippen molar-refractivity contribution < 1.29 is 14.6 Å². The molecule has 3 rings (SSSR count). The van der Waals surface area contributed by atoms with E-state index < -0.39 is 5.97 Å². The molecule has 2 aliphatic rings. The first-order valence-corrected chi connectivity index (χ1v) is 5.41. The molecule has 0 bridgehead atoms. The van der Waals surface area contributed by atoms with Crippen LogP contribution in [-0.4, -0.2) is 29.2 Å². The Kier molecular flexibility index (Phi) is 1.92. The van der Waals surface area contributed by atoms with Crippen LogP contribution in [-0.2, 0) is 17.6 Å². The molecule has 5 heteroatoms. The SMILES string of the molecule is NC1=NC2(CO1)Cc1ccc(C(=O)O)cc1C2. The summed E-state index contributed by atoms with van der Waals surface area (Å²) >= 11 is 0. The average molecular weight is 232 g/mol. The van der Waals surface area contributed by atoms with Crippen molar-refractivity contribution >= 4 is 12.0 Å². The van der Waals surface area contributed by atoms with Gasteiger partial charge in [-0.2, -0.15) is 0 Å². The van der Waals surface area contributed by atoms with Gasteiger partial charge in [0.25, 0.3) is 6.02 Å². The molecule has 0 amide bonds. The van der Waals surface area contributed by atoms with Crippen molar-refractivity contribution in [2.75, 3.05) is 6.61 Å². The third-order valence-electron chi connectivity index (χ3n) is 3.33. The number of aromatic carboxylic acids is 1. The van der Waals surface area contributed by atoms with Crippen LogP contribution in [0.4, 0.5) is 0 Å². The predicted molar refractivity (Wildman–Crippen MR) is 61.1 cm³/mol. The van der Waals surface area contributed by atoms with E-state index in [0.717, 1.165) is 17.5 Å². The fourth-order valence-electron chi connectivity index (χ4n) is 2.56. The van der Waals surface area contributed by atoms with Crippen molar-refractivity contribution in [2.45, 2.75) is 18.4 Å². The second kappa shape index (κ2) is 3.23. The third kappa shape index (κ3) is 1.54. The van der Waals surface area contributed by atoms with Gasteiger partial charge in [0.1, 0.15) is 12.1 Å². The smallest absolute Gasteiger partial charge is 0.335 e. The highest BCUT2D eigenvalue weighted by atomic mass is 16.5. The van der Waals surface area contributed by atoms with Crippen LogP contribution in [0.15, 0.2) is 23.2 Å². The molecule has 1 heterocycles. The highest BCUT2D eigenvalue weighted by Crippen LogP contribution is 2.36. The zero-order valence-electron chi connectivity index (χ0n) is 9.14. The number of nitrogens with two attached hydrogens (primary N) is 1. The lowest BCUT2D eigenvalue weighted by Gasteiger charge is -2.15. The Morgan fingerprint density at radius 1 is 1.41 bits per heavy atom. The van der Waals surface area contributed by atoms with Gasteiger partial charge in [-0.15, -0.1) is 0 Å². The number of carboxylic acids is 1. The van der Waals surface area contributed by atoms with Crippen LogP contribution in [0.25, 0.3) is 0 Å². The van der Waals surface area contributed by atoms with Crippen molar-refractivity contribution in [1.82, 2.24) is 0 Å². The van der Waals surface area contributed by atoms with E-state index in [-0.39, 0.29) is 11.6 Å². The number of fused-ring (bicyclic) bond motifs is 1. The molecule has 5 nitrogen and oxygen atoms in total. The molecule has 0 radical (unpaired) electrons. The van der Waals surface area contributed by atoms with Crippen molar-refractivity contribution in [3.63, 3.8) is 0 Å². The standard InChI is InChI=1S/C12H12N2O3/c13-11-14-12(6-17-11)4-8-2-1-7(10(15)16)3-9(8)5-12/h1-3H,4-6H2,(H2,13,14)(H,15,16). The van der Waals surface area contributed by atoms with Gasteiger partial charge in [0.2, 0.25) is 0 Å². The molecule has 1 aromatic rings. The molecule has 1 aromatic carbocycles. The minimum absolute atomic E-state index is 0.233. The summed E-state index contributed by atoms with van der Waals surface area (Å²) < 4.78 is 5.21. The zero-order valence-corrected chi connectivity index (χ0v) is 9.14. The molecule has 0 aromatic heterocycles. The summed E-state index contributed by atoms with van der Waals surface area (Å²) in [5, 5.41) is 8.94. The van der Waals surface area contributed by atoms with Crippen molar-refractivity contribution in [1.29, 1.82) is 0 Å². The number of nitrogens with zero attached hydrogens (tertiary/aromatic N) is 1. The van der Waals surface area contributed by atoms with Crippen LogP contribution in [0, 0.1) is 0 Å². The van der Waals surface area contributed by atoms with Gasteiger partial charge >= 0.3 is 5.97 Å². The Labute approximate surface area is 97.9 Å². The summed E-state index contributed by atoms with van der Waals surface area (Å²) in [6.45, 7) is 0.482. The van der Waals surface area contributed by atoms with Gasteiger partial charge in [-0.05, 0) is 23.3 Å². The molecule has 1 unspecified atom stereocenters. The summed E-state index contributed by atoms with van der Waals surface area (Å²) in [4.78, 5) is 15.2. The van der Waals surface area contributed by atoms with E-state index in [1.54, 1.807) is 12.1 Å². The van der Waals surface area contributed by atoms with Crippen molar-refractivity contribution in [3.8, 4) is 0 Å². The topological polar surface area (TPSA) is 84.9 Å². The lowest BCUT2D eigenvalue weighted by atomic mass is 9.99. The number of aliphatic imine (C=N–C) groups is 1. The minimum Gasteiger partial charge on any atom is -0.478 e. The van der Waals surface area contributed by atoms with Gasteiger partial charge in [0.15, 0.2) is 0 Å². The first kappa shape index (κ1) is 10.1. The number of hydrogen-bond donors (Lipinski definition) is 2. The van der Waals surface area contributed by atoms with Crippen LogP contribution in [0.2, 0.25) is 0 Å². The van der Waals surface area contributed by atoms with Crippen LogP contribution in [0.5, 0.6) is 0 Å². The van der Waals surface area contributed by atoms with Crippen molar-refractivity contribution in [2.24, 2.45) is 10.7 Å². The highest BCUT2D eigenvalue weighted by Gasteiger charge is 2.41. The molecule has 17 heavy (non-hydrogen) atoms. The maximum absolute atomic E-state index is 10.9. The van der Waals surface area contributed by atoms with Gasteiger partial charge in [-0.3, -0.25) is 0 Å². The summed E-state index contributed by atoms with van der Waals surface area (Å²) in [5.41, 5.74) is 7.72. The van der Waals surface area contributed by atoms with Gasteiger partial charge in [-0.25, -0.2) is 9.79 Å². The summed E-state index contributed by atoms with van der Waals surface area (Å²) in [7, 11) is 0. The van der Waals surface area contributed by atoms with Crippen LogP contribution in [0.3, 0.4) is 0 Å². The first-order chi connectivity index (χ1) is 8.08. The second-order valence-corrected chi connectivity index (χ2v) is 4.61. The molecule has 1 atom stereocenters. The van der Waals surface area contributed by atoms with Gasteiger partial charge in [0, 0.05) is 12.8 Å². The zero-order chi connectivity index (χ0) is 12.0. The fourth-order valence-corrected chi connectivity index (χ4v) is 2.56. The number of hydrogen-bond acceptors (Lipinski definition) is 4. The Morgan fingerprint density at radius 3 is 2.82 bits per heavy atom. The minimum atomic E-state index is -0.903. The van der Waals surface area contributed by atoms with Gasteiger partial charge in [-0.1, -0.05) is 6.07 Å². The fraction of sp³-hybridized carbons (Fsp3) is 0.333. The number of rotatable bonds is 1. The largest absolute Gasteiger partial charge is 0.478 e. The third-order valence-corrected chi connectivity index (χ3v) is 3.33. The second-order valence-electron chi connectivity index (χ2n) is 4.61. The number of carboxylic acid groups (broad SMARTS) is 1. The molecule has 1 spiro atoms. The molecular formula is C12H12N2O3. The molecule has 1 aliphatic heterocycles. The average Bonchev–Trinajstić information content (AvgIpc) is 2.80. The molecule has 0 fully saturated rings. The van der Waals surface area contributed by atoms with Gasteiger partial charge < -0.3 is 15.6 Å². The van der Waals surface area contributed by atoms with Crippen LogP contribution < -0.4 is 5.73 Å². The monoisotopic (exact) mass is 232 g/mol.